The summed E-state index contributed by atoms with van der Waals surface area (Å²) in [5.74, 6) is -8.25. The van der Waals surface area contributed by atoms with E-state index in [2.05, 4.69) is 5.32 Å². The van der Waals surface area contributed by atoms with Gasteiger partial charge in [0.25, 0.3) is 5.91 Å². The SMILES string of the molecule is C[Si]1(C)C2=CC(=N)C=CC2=C(c2c(F)c(C(=O)NCCOCCOCCCCCCCl)c(F)c(F)c2C(=O)[O-])c2ccc(N)cc21. The molecule has 0 radical (unpaired) electrons. The number of nitrogens with one attached hydrogen (secondary N) is 2. The van der Waals surface area contributed by atoms with Crippen molar-refractivity contribution < 1.29 is 37.3 Å². The second-order valence-electron chi connectivity index (χ2n) is 11.5. The Hall–Kier alpha value is -3.71. The Morgan fingerprint density at radius 2 is 1.63 bits per heavy atom. The van der Waals surface area contributed by atoms with Gasteiger partial charge in [-0.25, -0.2) is 13.2 Å². The van der Waals surface area contributed by atoms with E-state index in [4.69, 9.17) is 32.2 Å². The molecular formula is C33H36ClF3N3O5Si-. The molecule has 0 atom stereocenters. The molecule has 4 rings (SSSR count). The number of unbranched alkanes of at least 4 members (excludes halogenated alkanes) is 3. The van der Waals surface area contributed by atoms with Crippen molar-refractivity contribution in [3.05, 3.63) is 86.9 Å². The third-order valence-corrected chi connectivity index (χ3v) is 11.8. The predicted molar refractivity (Wildman–Crippen MR) is 173 cm³/mol. The molecule has 2 aromatic carbocycles. The summed E-state index contributed by atoms with van der Waals surface area (Å²) in [4.78, 5) is 25.3. The number of anilines is 1. The minimum Gasteiger partial charge on any atom is -0.545 e. The van der Waals surface area contributed by atoms with Crippen LogP contribution in [0.2, 0.25) is 13.1 Å². The first-order valence-corrected chi connectivity index (χ1v) is 18.5. The van der Waals surface area contributed by atoms with Crippen molar-refractivity contribution in [2.45, 2.75) is 38.8 Å². The van der Waals surface area contributed by atoms with Gasteiger partial charge in [0.1, 0.15) is 19.5 Å². The van der Waals surface area contributed by atoms with Crippen LogP contribution in [0.5, 0.6) is 0 Å². The van der Waals surface area contributed by atoms with E-state index in [1.165, 1.54) is 18.2 Å². The van der Waals surface area contributed by atoms with Gasteiger partial charge in [0, 0.05) is 35.8 Å². The van der Waals surface area contributed by atoms with E-state index in [9.17, 15) is 14.7 Å². The number of halogens is 4. The zero-order chi connectivity index (χ0) is 33.6. The Labute approximate surface area is 271 Å². The Morgan fingerprint density at radius 1 is 0.957 bits per heavy atom. The Kier molecular flexibility index (Phi) is 11.7. The molecule has 8 nitrogen and oxygen atoms in total. The fourth-order valence-corrected chi connectivity index (χ4v) is 9.01. The number of fused-ring (bicyclic) bond motifs is 2. The minimum absolute atomic E-state index is 0.0186. The number of allylic oxidation sites excluding steroid dienone is 5. The van der Waals surface area contributed by atoms with Crippen LogP contribution in [-0.4, -0.2) is 64.5 Å². The maximum absolute atomic E-state index is 16.5. The number of nitrogen functional groups attached to an aromatic ring is 1. The summed E-state index contributed by atoms with van der Waals surface area (Å²) >= 11 is 5.65. The molecule has 2 aromatic rings. The topological polar surface area (TPSA) is 138 Å². The first-order valence-electron chi connectivity index (χ1n) is 15.0. The highest BCUT2D eigenvalue weighted by atomic mass is 35.5. The number of rotatable bonds is 15. The molecule has 1 amide bonds. The number of carboxylic acids is 1. The molecule has 4 N–H and O–H groups in total. The van der Waals surface area contributed by atoms with Crippen LogP contribution in [0, 0.1) is 22.9 Å². The van der Waals surface area contributed by atoms with Gasteiger partial charge in [-0.15, -0.1) is 11.6 Å². The van der Waals surface area contributed by atoms with Gasteiger partial charge in [-0.2, -0.15) is 0 Å². The molecule has 246 valence electrons. The van der Waals surface area contributed by atoms with Crippen LogP contribution < -0.4 is 21.3 Å². The third kappa shape index (κ3) is 7.30. The molecule has 1 heterocycles. The summed E-state index contributed by atoms with van der Waals surface area (Å²) in [6.45, 7) is 4.90. The lowest BCUT2D eigenvalue weighted by Gasteiger charge is -2.38. The van der Waals surface area contributed by atoms with Gasteiger partial charge >= 0.3 is 0 Å². The number of carbonyl (C=O) groups is 2. The van der Waals surface area contributed by atoms with Crippen LogP contribution in [0.15, 0.2) is 47.2 Å². The fourth-order valence-electron chi connectivity index (χ4n) is 5.72. The van der Waals surface area contributed by atoms with Gasteiger partial charge in [0.2, 0.25) is 0 Å². The van der Waals surface area contributed by atoms with Gasteiger partial charge < -0.3 is 35.8 Å². The number of alkyl halides is 1. The van der Waals surface area contributed by atoms with Crippen LogP contribution in [0.1, 0.15) is 57.5 Å². The van der Waals surface area contributed by atoms with E-state index in [-0.39, 0.29) is 31.0 Å². The molecule has 0 saturated heterocycles. The van der Waals surface area contributed by atoms with Crippen LogP contribution >= 0.6 is 11.6 Å². The largest absolute Gasteiger partial charge is 0.545 e. The van der Waals surface area contributed by atoms with Crippen molar-refractivity contribution in [2.24, 2.45) is 0 Å². The molecule has 0 unspecified atom stereocenters. The fraction of sp³-hybridized carbons (Fsp3) is 0.364. The maximum Gasteiger partial charge on any atom is 0.257 e. The molecule has 46 heavy (non-hydrogen) atoms. The first kappa shape index (κ1) is 35.1. The van der Waals surface area contributed by atoms with E-state index < -0.39 is 54.1 Å². The zero-order valence-corrected chi connectivity index (χ0v) is 27.4. The van der Waals surface area contributed by atoms with Crippen molar-refractivity contribution >= 4 is 53.7 Å². The van der Waals surface area contributed by atoms with Gasteiger partial charge in [0.05, 0.1) is 31.5 Å². The molecule has 0 bridgehead atoms. The molecule has 0 spiro atoms. The van der Waals surface area contributed by atoms with Gasteiger partial charge in [0.15, 0.2) is 11.6 Å². The number of amides is 1. The molecule has 13 heteroatoms. The Balaban J connectivity index is 1.63. The van der Waals surface area contributed by atoms with Crippen LogP contribution in [0.4, 0.5) is 18.9 Å². The molecular weight excluding hydrogens is 639 g/mol. The van der Waals surface area contributed by atoms with Crippen molar-refractivity contribution in [2.75, 3.05) is 44.6 Å². The average Bonchev–Trinajstić information content (AvgIpc) is 3.00. The summed E-state index contributed by atoms with van der Waals surface area (Å²) < 4.78 is 58.2. The number of hydrogen-bond donors (Lipinski definition) is 3. The van der Waals surface area contributed by atoms with Crippen LogP contribution in [-0.2, 0) is 9.47 Å². The van der Waals surface area contributed by atoms with E-state index >= 15 is 13.2 Å². The normalized spacial score (nSPS) is 15.0. The van der Waals surface area contributed by atoms with Crippen molar-refractivity contribution in [1.29, 1.82) is 5.41 Å². The van der Waals surface area contributed by atoms with E-state index in [1.807, 2.05) is 13.1 Å². The van der Waals surface area contributed by atoms with E-state index in [0.717, 1.165) is 25.7 Å². The smallest absolute Gasteiger partial charge is 0.257 e. The Morgan fingerprint density at radius 3 is 2.33 bits per heavy atom. The monoisotopic (exact) mass is 674 g/mol. The number of carboxylic acid groups (broad SMARTS) is 1. The summed E-state index contributed by atoms with van der Waals surface area (Å²) in [5.41, 5.74) is 3.82. The van der Waals surface area contributed by atoms with Crippen molar-refractivity contribution in [3.63, 3.8) is 0 Å². The van der Waals surface area contributed by atoms with Gasteiger partial charge in [-0.3, -0.25) is 4.79 Å². The predicted octanol–water partition coefficient (Wildman–Crippen LogP) is 4.40. The average molecular weight is 675 g/mol. The number of nitrogens with two attached hydrogens (primary N) is 1. The van der Waals surface area contributed by atoms with Gasteiger partial charge in [-0.05, 0) is 64.2 Å². The number of carbonyl (C=O) groups excluding carboxylic acids is 2. The Bertz CT molecular complexity index is 1640. The third-order valence-electron chi connectivity index (χ3n) is 8.03. The van der Waals surface area contributed by atoms with Crippen molar-refractivity contribution in [3.8, 4) is 0 Å². The summed E-state index contributed by atoms with van der Waals surface area (Å²) in [7, 11) is -2.62. The lowest BCUT2D eigenvalue weighted by atomic mass is 9.85. The molecule has 1 aliphatic heterocycles. The molecule has 0 saturated carbocycles. The number of ether oxygens (including phenoxy) is 2. The van der Waals surface area contributed by atoms with E-state index in [0.29, 0.717) is 46.3 Å². The second-order valence-corrected chi connectivity index (χ2v) is 16.2. The summed E-state index contributed by atoms with van der Waals surface area (Å²) in [6, 6.07) is 4.78. The second kappa shape index (κ2) is 15.3. The highest BCUT2D eigenvalue weighted by Crippen LogP contribution is 2.44. The van der Waals surface area contributed by atoms with Crippen molar-refractivity contribution in [1.82, 2.24) is 5.32 Å². The van der Waals surface area contributed by atoms with E-state index in [1.54, 1.807) is 18.2 Å². The molecule has 0 fully saturated rings. The standard InChI is InChI=1S/C33H37ClF3N3O5Si/c1-46(2)23-17-19(38)7-9-21(23)25(22-10-8-20(39)18-24(22)46)26-27(33(42)43)30(36)31(37)28(29(26)35)32(41)40-12-14-45-16-15-44-13-6-4-3-5-11-34/h7-10,17-18,38H,3-6,11-16,39H2,1-2H3,(H,40,41)(H,42,43)/p-1. The maximum atomic E-state index is 16.5. The lowest BCUT2D eigenvalue weighted by molar-refractivity contribution is -0.255. The quantitative estimate of drug-likeness (QED) is 0.0843. The first-order chi connectivity index (χ1) is 21.9. The summed E-state index contributed by atoms with van der Waals surface area (Å²) in [5, 5.41) is 24.1. The number of hydrogen-bond acceptors (Lipinski definition) is 7. The highest BCUT2D eigenvalue weighted by molar-refractivity contribution is 6.98. The molecule has 1 aliphatic carbocycles. The molecule has 0 aromatic heterocycles. The zero-order valence-electron chi connectivity index (χ0n) is 25.7. The number of benzene rings is 2. The van der Waals surface area contributed by atoms with Crippen LogP contribution in [0.25, 0.3) is 5.57 Å². The highest BCUT2D eigenvalue weighted by Gasteiger charge is 2.42. The molecule has 2 aliphatic rings. The number of aromatic carboxylic acids is 1. The van der Waals surface area contributed by atoms with Gasteiger partial charge in [-0.1, -0.05) is 38.1 Å². The summed E-state index contributed by atoms with van der Waals surface area (Å²) in [6.07, 6.45) is 8.45. The minimum atomic E-state index is -2.62. The lowest BCUT2D eigenvalue weighted by Crippen LogP contribution is -2.49. The van der Waals surface area contributed by atoms with Crippen LogP contribution in [0.3, 0.4) is 0 Å².